The van der Waals surface area contributed by atoms with Gasteiger partial charge in [-0.2, -0.15) is 0 Å². The minimum atomic E-state index is -1.34. The molecule has 1 unspecified atom stereocenters. The SMILES string of the molecule is COCC(C(=O)O)N1C(=O)c2cccnc2C1=O. The van der Waals surface area contributed by atoms with E-state index < -0.39 is 23.8 Å². The molecule has 2 rings (SSSR count). The Hall–Kier alpha value is -2.28. The minimum Gasteiger partial charge on any atom is -0.480 e. The third-order valence-electron chi connectivity index (χ3n) is 2.60. The highest BCUT2D eigenvalue weighted by atomic mass is 16.5. The summed E-state index contributed by atoms with van der Waals surface area (Å²) in [7, 11) is 1.30. The van der Waals surface area contributed by atoms with E-state index in [-0.39, 0.29) is 17.9 Å². The van der Waals surface area contributed by atoms with Crippen LogP contribution >= 0.6 is 0 Å². The van der Waals surface area contributed by atoms with E-state index in [4.69, 9.17) is 9.84 Å². The van der Waals surface area contributed by atoms with Crippen LogP contribution in [0.4, 0.5) is 0 Å². The second kappa shape index (κ2) is 4.53. The fraction of sp³-hybridized carbons (Fsp3) is 0.273. The summed E-state index contributed by atoms with van der Waals surface area (Å²) < 4.78 is 4.73. The number of hydrogen-bond acceptors (Lipinski definition) is 5. The zero-order chi connectivity index (χ0) is 13.3. The number of fused-ring (bicyclic) bond motifs is 1. The first-order chi connectivity index (χ1) is 8.57. The van der Waals surface area contributed by atoms with Gasteiger partial charge in [-0.05, 0) is 12.1 Å². The molecule has 1 N–H and O–H groups in total. The normalized spacial score (nSPS) is 15.7. The standard InChI is InChI=1S/C11H10N2O5/c1-18-5-7(11(16)17)13-9(14)6-3-2-4-12-8(6)10(13)15/h2-4,7H,5H2,1H3,(H,16,17). The van der Waals surface area contributed by atoms with Crippen LogP contribution in [0.15, 0.2) is 18.3 Å². The van der Waals surface area contributed by atoms with Crippen LogP contribution in [0.1, 0.15) is 20.8 Å². The minimum absolute atomic E-state index is 0.0233. The number of ether oxygens (including phenoxy) is 1. The van der Waals surface area contributed by atoms with Gasteiger partial charge in [-0.15, -0.1) is 0 Å². The molecule has 0 aliphatic carbocycles. The lowest BCUT2D eigenvalue weighted by Crippen LogP contribution is -2.47. The van der Waals surface area contributed by atoms with Crippen LogP contribution in [0.25, 0.3) is 0 Å². The highest BCUT2D eigenvalue weighted by Gasteiger charge is 2.43. The van der Waals surface area contributed by atoms with Crippen molar-refractivity contribution in [3.05, 3.63) is 29.6 Å². The highest BCUT2D eigenvalue weighted by molar-refractivity contribution is 6.21. The largest absolute Gasteiger partial charge is 0.480 e. The fourth-order valence-corrected chi connectivity index (χ4v) is 1.78. The lowest BCUT2D eigenvalue weighted by molar-refractivity contribution is -0.143. The van der Waals surface area contributed by atoms with E-state index in [1.54, 1.807) is 0 Å². The van der Waals surface area contributed by atoms with E-state index in [9.17, 15) is 14.4 Å². The van der Waals surface area contributed by atoms with Crippen LogP contribution in [0.5, 0.6) is 0 Å². The molecule has 7 nitrogen and oxygen atoms in total. The molecule has 0 aromatic carbocycles. The Kier molecular flexibility index (Phi) is 3.07. The fourth-order valence-electron chi connectivity index (χ4n) is 1.78. The van der Waals surface area contributed by atoms with E-state index in [0.717, 1.165) is 0 Å². The van der Waals surface area contributed by atoms with E-state index in [1.165, 1.54) is 25.4 Å². The Morgan fingerprint density at radius 1 is 1.50 bits per heavy atom. The van der Waals surface area contributed by atoms with Gasteiger partial charge in [0.15, 0.2) is 6.04 Å². The van der Waals surface area contributed by atoms with Crippen LogP contribution in [0.2, 0.25) is 0 Å². The summed E-state index contributed by atoms with van der Waals surface area (Å²) in [5, 5.41) is 9.03. The van der Waals surface area contributed by atoms with Gasteiger partial charge in [0.1, 0.15) is 5.69 Å². The highest BCUT2D eigenvalue weighted by Crippen LogP contribution is 2.22. The topological polar surface area (TPSA) is 96.8 Å². The molecular weight excluding hydrogens is 240 g/mol. The number of carbonyl (C=O) groups is 3. The van der Waals surface area contributed by atoms with E-state index in [2.05, 4.69) is 4.98 Å². The number of carboxylic acids is 1. The number of amides is 2. The molecule has 0 saturated heterocycles. The molecule has 1 aromatic rings. The Bertz CT molecular complexity index is 493. The molecule has 7 heteroatoms. The summed E-state index contributed by atoms with van der Waals surface area (Å²) in [6, 6.07) is 1.61. The first kappa shape index (κ1) is 12.2. The van der Waals surface area contributed by atoms with Crippen LogP contribution in [-0.2, 0) is 9.53 Å². The van der Waals surface area contributed by atoms with Gasteiger partial charge in [0.25, 0.3) is 11.8 Å². The molecule has 2 amide bonds. The van der Waals surface area contributed by atoms with Crippen molar-refractivity contribution >= 4 is 17.8 Å². The number of carbonyl (C=O) groups excluding carboxylic acids is 2. The maximum atomic E-state index is 12.0. The average molecular weight is 250 g/mol. The monoisotopic (exact) mass is 250 g/mol. The van der Waals surface area contributed by atoms with Crippen LogP contribution in [0.3, 0.4) is 0 Å². The second-order valence-electron chi connectivity index (χ2n) is 3.69. The first-order valence-corrected chi connectivity index (χ1v) is 5.12. The molecule has 18 heavy (non-hydrogen) atoms. The quantitative estimate of drug-likeness (QED) is 0.742. The van der Waals surface area contributed by atoms with Crippen molar-refractivity contribution in [2.75, 3.05) is 13.7 Å². The third-order valence-corrected chi connectivity index (χ3v) is 2.60. The van der Waals surface area contributed by atoms with Crippen molar-refractivity contribution in [2.45, 2.75) is 6.04 Å². The predicted molar refractivity (Wildman–Crippen MR) is 58.0 cm³/mol. The van der Waals surface area contributed by atoms with Crippen molar-refractivity contribution in [1.29, 1.82) is 0 Å². The van der Waals surface area contributed by atoms with E-state index in [1.807, 2.05) is 0 Å². The number of aliphatic carboxylic acids is 1. The zero-order valence-corrected chi connectivity index (χ0v) is 9.49. The number of nitrogens with zero attached hydrogens (tertiary/aromatic N) is 2. The molecule has 0 saturated carbocycles. The number of aromatic nitrogens is 1. The van der Waals surface area contributed by atoms with Gasteiger partial charge in [0, 0.05) is 13.3 Å². The Labute approximate surface area is 102 Å². The van der Waals surface area contributed by atoms with Crippen molar-refractivity contribution < 1.29 is 24.2 Å². The number of rotatable bonds is 4. The van der Waals surface area contributed by atoms with Gasteiger partial charge in [0.05, 0.1) is 12.2 Å². The summed E-state index contributed by atoms with van der Waals surface area (Å²) >= 11 is 0. The molecule has 1 atom stereocenters. The Morgan fingerprint density at radius 2 is 2.22 bits per heavy atom. The summed E-state index contributed by atoms with van der Waals surface area (Å²) in [5.41, 5.74) is 0.0923. The number of carboxylic acid groups (broad SMARTS) is 1. The second-order valence-corrected chi connectivity index (χ2v) is 3.69. The Balaban J connectivity index is 2.41. The molecule has 0 bridgehead atoms. The molecule has 1 aliphatic rings. The maximum absolute atomic E-state index is 12.0. The average Bonchev–Trinajstić information content (AvgIpc) is 2.60. The van der Waals surface area contributed by atoms with Crippen molar-refractivity contribution in [3.8, 4) is 0 Å². The van der Waals surface area contributed by atoms with E-state index >= 15 is 0 Å². The van der Waals surface area contributed by atoms with Gasteiger partial charge in [-0.3, -0.25) is 19.5 Å². The van der Waals surface area contributed by atoms with Gasteiger partial charge in [-0.25, -0.2) is 4.79 Å². The molecule has 94 valence electrons. The number of pyridine rings is 1. The summed E-state index contributed by atoms with van der Waals surface area (Å²) in [5.74, 6) is -2.67. The number of imide groups is 1. The summed E-state index contributed by atoms with van der Waals surface area (Å²) in [4.78, 5) is 39.5. The third kappa shape index (κ3) is 1.74. The maximum Gasteiger partial charge on any atom is 0.329 e. The van der Waals surface area contributed by atoms with Crippen LogP contribution < -0.4 is 0 Å². The van der Waals surface area contributed by atoms with Gasteiger partial charge >= 0.3 is 5.97 Å². The summed E-state index contributed by atoms with van der Waals surface area (Å²) in [6.07, 6.45) is 1.37. The molecule has 0 radical (unpaired) electrons. The molecule has 0 spiro atoms. The number of methoxy groups -OCH3 is 1. The van der Waals surface area contributed by atoms with Gasteiger partial charge in [-0.1, -0.05) is 0 Å². The Morgan fingerprint density at radius 3 is 2.78 bits per heavy atom. The smallest absolute Gasteiger partial charge is 0.329 e. The predicted octanol–water partition coefficient (Wildman–Crippen LogP) is -0.223. The lowest BCUT2D eigenvalue weighted by atomic mass is 10.2. The van der Waals surface area contributed by atoms with Crippen molar-refractivity contribution in [2.24, 2.45) is 0 Å². The first-order valence-electron chi connectivity index (χ1n) is 5.12. The van der Waals surface area contributed by atoms with Crippen molar-refractivity contribution in [1.82, 2.24) is 9.88 Å². The lowest BCUT2D eigenvalue weighted by Gasteiger charge is -2.21. The molecule has 1 aliphatic heterocycles. The van der Waals surface area contributed by atoms with E-state index in [0.29, 0.717) is 4.90 Å². The van der Waals surface area contributed by atoms with Crippen LogP contribution in [-0.4, -0.2) is 52.5 Å². The summed E-state index contributed by atoms with van der Waals surface area (Å²) in [6.45, 7) is -0.263. The van der Waals surface area contributed by atoms with Gasteiger partial charge < -0.3 is 9.84 Å². The van der Waals surface area contributed by atoms with Crippen molar-refractivity contribution in [3.63, 3.8) is 0 Å². The zero-order valence-electron chi connectivity index (χ0n) is 9.49. The molecule has 2 heterocycles. The molecular formula is C11H10N2O5. The number of hydrogen-bond donors (Lipinski definition) is 1. The van der Waals surface area contributed by atoms with Crippen LogP contribution in [0, 0.1) is 0 Å². The molecule has 1 aromatic heterocycles. The van der Waals surface area contributed by atoms with Gasteiger partial charge in [0.2, 0.25) is 0 Å². The molecule has 0 fully saturated rings.